The van der Waals surface area contributed by atoms with Crippen LogP contribution < -0.4 is 15.1 Å². The molecular weight excluding hydrogens is 436 g/mol. The average Bonchev–Trinajstić information content (AvgIpc) is 3.21. The van der Waals surface area contributed by atoms with Crippen LogP contribution >= 0.6 is 11.6 Å². The second kappa shape index (κ2) is 9.06. The lowest BCUT2D eigenvalue weighted by Gasteiger charge is -2.35. The smallest absolute Gasteiger partial charge is 0.321 e. The van der Waals surface area contributed by atoms with E-state index in [1.165, 1.54) is 0 Å². The second-order valence-corrected chi connectivity index (χ2v) is 10.2. The van der Waals surface area contributed by atoms with Crippen LogP contribution in [0.2, 0.25) is 5.02 Å². The number of carbonyl (C=O) groups excluding carboxylic acids is 1. The average molecular weight is 463 g/mol. The summed E-state index contributed by atoms with van der Waals surface area (Å²) in [5, 5.41) is 3.56. The number of urea groups is 1. The third-order valence-corrected chi connectivity index (χ3v) is 7.93. The number of nitrogens with one attached hydrogen (secondary N) is 1. The Morgan fingerprint density at radius 2 is 1.74 bits per heavy atom. The molecule has 0 atom stereocenters. The van der Waals surface area contributed by atoms with Gasteiger partial charge in [-0.15, -0.1) is 0 Å². The fourth-order valence-corrected chi connectivity index (χ4v) is 5.66. The number of hydrogen-bond donors (Lipinski definition) is 1. The molecule has 4 rings (SSSR count). The maximum Gasteiger partial charge on any atom is 0.321 e. The van der Waals surface area contributed by atoms with Crippen LogP contribution in [0.1, 0.15) is 18.9 Å². The summed E-state index contributed by atoms with van der Waals surface area (Å²) < 4.78 is 28.0. The van der Waals surface area contributed by atoms with Gasteiger partial charge in [-0.1, -0.05) is 18.5 Å². The SMILES string of the molecule is CCCNC(=O)N1CCc2cc(S(=O)(=O)N3CCN(c4ccc(Cl)cc4)CC3)ccc21. The van der Waals surface area contributed by atoms with Crippen LogP contribution in [0.5, 0.6) is 0 Å². The van der Waals surface area contributed by atoms with Gasteiger partial charge >= 0.3 is 6.03 Å². The molecule has 2 amide bonds. The Morgan fingerprint density at radius 1 is 1.03 bits per heavy atom. The zero-order chi connectivity index (χ0) is 22.0. The minimum absolute atomic E-state index is 0.130. The van der Waals surface area contributed by atoms with Gasteiger partial charge in [-0.2, -0.15) is 4.31 Å². The van der Waals surface area contributed by atoms with E-state index in [0.717, 1.165) is 23.4 Å². The fraction of sp³-hybridized carbons (Fsp3) is 0.409. The molecule has 0 bridgehead atoms. The second-order valence-electron chi connectivity index (χ2n) is 7.79. The van der Waals surface area contributed by atoms with Crippen molar-refractivity contribution in [3.8, 4) is 0 Å². The number of sulfonamides is 1. The van der Waals surface area contributed by atoms with E-state index in [2.05, 4.69) is 10.2 Å². The van der Waals surface area contributed by atoms with Gasteiger partial charge in [0.05, 0.1) is 4.90 Å². The molecule has 166 valence electrons. The van der Waals surface area contributed by atoms with E-state index in [1.54, 1.807) is 27.4 Å². The lowest BCUT2D eigenvalue weighted by molar-refractivity contribution is 0.247. The maximum absolute atomic E-state index is 13.2. The summed E-state index contributed by atoms with van der Waals surface area (Å²) in [6, 6.07) is 12.6. The van der Waals surface area contributed by atoms with E-state index in [9.17, 15) is 13.2 Å². The normalized spacial score (nSPS) is 17.0. The van der Waals surface area contributed by atoms with Crippen molar-refractivity contribution in [1.82, 2.24) is 9.62 Å². The summed E-state index contributed by atoms with van der Waals surface area (Å²) in [5.41, 5.74) is 2.73. The molecule has 2 aliphatic rings. The molecule has 0 radical (unpaired) electrons. The Kier molecular flexibility index (Phi) is 6.41. The number of hydrogen-bond acceptors (Lipinski definition) is 4. The van der Waals surface area contributed by atoms with Crippen molar-refractivity contribution in [2.45, 2.75) is 24.7 Å². The molecule has 0 saturated carbocycles. The summed E-state index contributed by atoms with van der Waals surface area (Å²) in [6.07, 6.45) is 1.53. The van der Waals surface area contributed by atoms with Gasteiger partial charge < -0.3 is 10.2 Å². The zero-order valence-corrected chi connectivity index (χ0v) is 19.1. The summed E-state index contributed by atoms with van der Waals surface area (Å²) in [7, 11) is -3.58. The molecule has 2 aliphatic heterocycles. The number of nitrogens with zero attached hydrogens (tertiary/aromatic N) is 3. The van der Waals surface area contributed by atoms with Gasteiger partial charge in [0.2, 0.25) is 10.0 Å². The number of amides is 2. The van der Waals surface area contributed by atoms with Gasteiger partial charge in [-0.05, 0) is 60.9 Å². The highest BCUT2D eigenvalue weighted by Crippen LogP contribution is 2.31. The number of halogens is 1. The maximum atomic E-state index is 13.2. The molecule has 9 heteroatoms. The van der Waals surface area contributed by atoms with Crippen LogP contribution in [-0.2, 0) is 16.4 Å². The number of piperazine rings is 1. The van der Waals surface area contributed by atoms with Gasteiger partial charge in [-0.3, -0.25) is 4.90 Å². The quantitative estimate of drug-likeness (QED) is 0.739. The van der Waals surface area contributed by atoms with Gasteiger partial charge in [-0.25, -0.2) is 13.2 Å². The van der Waals surface area contributed by atoms with Crippen LogP contribution in [0, 0.1) is 0 Å². The highest BCUT2D eigenvalue weighted by atomic mass is 35.5. The number of benzene rings is 2. The Labute approximate surface area is 188 Å². The topological polar surface area (TPSA) is 73.0 Å². The molecule has 0 unspecified atom stereocenters. The van der Waals surface area contributed by atoms with Crippen LogP contribution in [0.3, 0.4) is 0 Å². The molecule has 2 aromatic carbocycles. The lowest BCUT2D eigenvalue weighted by atomic mass is 10.2. The van der Waals surface area contributed by atoms with E-state index in [1.807, 2.05) is 31.2 Å². The molecule has 2 aromatic rings. The summed E-state index contributed by atoms with van der Waals surface area (Å²) in [4.78, 5) is 16.5. The molecule has 31 heavy (non-hydrogen) atoms. The van der Waals surface area contributed by atoms with Crippen LogP contribution in [-0.4, -0.2) is 58.0 Å². The van der Waals surface area contributed by atoms with Crippen molar-refractivity contribution >= 4 is 39.0 Å². The summed E-state index contributed by atoms with van der Waals surface area (Å²) >= 11 is 5.96. The van der Waals surface area contributed by atoms with E-state index in [-0.39, 0.29) is 6.03 Å². The summed E-state index contributed by atoms with van der Waals surface area (Å²) in [6.45, 7) is 5.29. The van der Waals surface area contributed by atoms with Gasteiger partial charge in [0.15, 0.2) is 0 Å². The number of fused-ring (bicyclic) bond motifs is 1. The molecule has 1 saturated heterocycles. The predicted octanol–water partition coefficient (Wildman–Crippen LogP) is 3.33. The molecule has 1 N–H and O–H groups in total. The first-order valence-electron chi connectivity index (χ1n) is 10.6. The molecule has 2 heterocycles. The van der Waals surface area contributed by atoms with Gasteiger partial charge in [0, 0.05) is 55.7 Å². The van der Waals surface area contributed by atoms with E-state index >= 15 is 0 Å². The van der Waals surface area contributed by atoms with Crippen LogP contribution in [0.15, 0.2) is 47.4 Å². The van der Waals surface area contributed by atoms with Crippen molar-refractivity contribution in [3.63, 3.8) is 0 Å². The van der Waals surface area contributed by atoms with Crippen LogP contribution in [0.4, 0.5) is 16.2 Å². The Hall–Kier alpha value is -2.29. The lowest BCUT2D eigenvalue weighted by Crippen LogP contribution is -2.48. The fourth-order valence-electron chi connectivity index (χ4n) is 4.06. The Morgan fingerprint density at radius 3 is 2.42 bits per heavy atom. The van der Waals surface area contributed by atoms with Gasteiger partial charge in [0.25, 0.3) is 0 Å². The zero-order valence-electron chi connectivity index (χ0n) is 17.6. The van der Waals surface area contributed by atoms with Crippen molar-refractivity contribution in [2.75, 3.05) is 49.1 Å². The molecule has 1 fully saturated rings. The highest BCUT2D eigenvalue weighted by Gasteiger charge is 2.31. The largest absolute Gasteiger partial charge is 0.369 e. The first-order valence-corrected chi connectivity index (χ1v) is 12.4. The minimum Gasteiger partial charge on any atom is -0.369 e. The first kappa shape index (κ1) is 21.9. The van der Waals surface area contributed by atoms with E-state index in [0.29, 0.717) is 55.6 Å². The molecule has 0 aromatic heterocycles. The van der Waals surface area contributed by atoms with Gasteiger partial charge in [0.1, 0.15) is 0 Å². The van der Waals surface area contributed by atoms with Crippen molar-refractivity contribution in [3.05, 3.63) is 53.1 Å². The van der Waals surface area contributed by atoms with Crippen molar-refractivity contribution in [1.29, 1.82) is 0 Å². The van der Waals surface area contributed by atoms with E-state index < -0.39 is 10.0 Å². The predicted molar refractivity (Wildman–Crippen MR) is 124 cm³/mol. The molecule has 0 aliphatic carbocycles. The van der Waals surface area contributed by atoms with E-state index in [4.69, 9.17) is 11.6 Å². The third kappa shape index (κ3) is 4.51. The standard InChI is InChI=1S/C22H27ClN4O3S/c1-2-10-24-22(28)27-11-9-17-16-20(7-8-21(17)27)31(29,30)26-14-12-25(13-15-26)19-5-3-18(23)4-6-19/h3-8,16H,2,9-15H2,1H3,(H,24,28). The number of rotatable bonds is 5. The molecule has 0 spiro atoms. The van der Waals surface area contributed by atoms with Crippen LogP contribution in [0.25, 0.3) is 0 Å². The Balaban J connectivity index is 1.45. The highest BCUT2D eigenvalue weighted by molar-refractivity contribution is 7.89. The molecule has 7 nitrogen and oxygen atoms in total. The minimum atomic E-state index is -3.58. The first-order chi connectivity index (χ1) is 14.9. The third-order valence-electron chi connectivity index (χ3n) is 5.79. The van der Waals surface area contributed by atoms with Crippen molar-refractivity contribution < 1.29 is 13.2 Å². The number of anilines is 2. The summed E-state index contributed by atoms with van der Waals surface area (Å²) in [5.74, 6) is 0. The number of carbonyl (C=O) groups is 1. The monoisotopic (exact) mass is 462 g/mol. The Bertz CT molecular complexity index is 1050. The molecular formula is C22H27ClN4O3S. The van der Waals surface area contributed by atoms with Crippen molar-refractivity contribution in [2.24, 2.45) is 0 Å².